The van der Waals surface area contributed by atoms with E-state index in [1.807, 2.05) is 0 Å². The zero-order chi connectivity index (χ0) is 9.14. The molecule has 4 heteroatoms. The van der Waals surface area contributed by atoms with Crippen molar-refractivity contribution < 1.29 is 9.18 Å². The molecule has 0 aliphatic heterocycles. The topological polar surface area (TPSA) is 30.0 Å². The van der Waals surface area contributed by atoms with Crippen molar-refractivity contribution in [3.05, 3.63) is 28.2 Å². The second-order valence-electron chi connectivity index (χ2n) is 2.24. The number of carbonyl (C=O) groups is 1. The van der Waals surface area contributed by atoms with E-state index in [1.165, 1.54) is 12.1 Å². The Morgan fingerprint density at radius 3 is 2.92 bits per heavy atom. The van der Waals surface area contributed by atoms with Crippen molar-refractivity contribution >= 4 is 21.7 Å². The lowest BCUT2D eigenvalue weighted by Gasteiger charge is -1.98. The second-order valence-corrected chi connectivity index (χ2v) is 3.05. The molecule has 0 N–H and O–H groups in total. The number of hydrogen-bond donors (Lipinski definition) is 0. The summed E-state index contributed by atoms with van der Waals surface area (Å²) in [5.74, 6) is -0.848. The number of pyridine rings is 1. The third kappa shape index (κ3) is 1.88. The number of halogens is 2. The molecule has 0 aliphatic carbocycles. The summed E-state index contributed by atoms with van der Waals surface area (Å²) in [5, 5.41) is 0. The quantitative estimate of drug-likeness (QED) is 0.579. The van der Waals surface area contributed by atoms with Crippen molar-refractivity contribution in [3.8, 4) is 0 Å². The Kier molecular flexibility index (Phi) is 2.92. The van der Waals surface area contributed by atoms with Gasteiger partial charge in [0.1, 0.15) is 10.3 Å². The Labute approximate surface area is 77.9 Å². The van der Waals surface area contributed by atoms with Crippen molar-refractivity contribution in [2.75, 3.05) is 0 Å². The van der Waals surface area contributed by atoms with Gasteiger partial charge in [-0.15, -0.1) is 0 Å². The first-order chi connectivity index (χ1) is 5.65. The molecule has 0 bridgehead atoms. The van der Waals surface area contributed by atoms with E-state index < -0.39 is 5.82 Å². The highest BCUT2D eigenvalue weighted by Crippen LogP contribution is 2.12. The Morgan fingerprint density at radius 1 is 1.67 bits per heavy atom. The molecule has 0 saturated carbocycles. The maximum atomic E-state index is 12.9. The Balaban J connectivity index is 3.13. The molecule has 0 unspecified atom stereocenters. The smallest absolute Gasteiger partial charge is 0.183 e. The predicted molar refractivity (Wildman–Crippen MR) is 46.5 cm³/mol. The highest BCUT2D eigenvalue weighted by Gasteiger charge is 2.11. The maximum absolute atomic E-state index is 12.9. The number of aromatic nitrogens is 1. The Hall–Kier alpha value is -0.770. The van der Waals surface area contributed by atoms with Gasteiger partial charge in [-0.25, -0.2) is 9.37 Å². The van der Waals surface area contributed by atoms with Gasteiger partial charge in [-0.1, -0.05) is 6.92 Å². The Morgan fingerprint density at radius 2 is 2.33 bits per heavy atom. The summed E-state index contributed by atoms with van der Waals surface area (Å²) in [7, 11) is 0. The van der Waals surface area contributed by atoms with Crippen LogP contribution in [0.5, 0.6) is 0 Å². The lowest BCUT2D eigenvalue weighted by atomic mass is 10.2. The molecule has 0 spiro atoms. The van der Waals surface area contributed by atoms with E-state index in [0.29, 0.717) is 4.60 Å². The van der Waals surface area contributed by atoms with E-state index >= 15 is 0 Å². The molecule has 0 saturated heterocycles. The van der Waals surface area contributed by atoms with Gasteiger partial charge in [0.25, 0.3) is 0 Å². The van der Waals surface area contributed by atoms with Crippen LogP contribution in [-0.2, 0) is 0 Å². The summed E-state index contributed by atoms with van der Waals surface area (Å²) >= 11 is 3.06. The van der Waals surface area contributed by atoms with E-state index in [2.05, 4.69) is 20.9 Å². The third-order valence-corrected chi connectivity index (χ3v) is 1.84. The Bertz CT molecular complexity index is 314. The van der Waals surface area contributed by atoms with Crippen LogP contribution in [0.2, 0.25) is 0 Å². The minimum Gasteiger partial charge on any atom is -0.292 e. The first-order valence-electron chi connectivity index (χ1n) is 3.50. The molecule has 1 heterocycles. The van der Waals surface area contributed by atoms with Gasteiger partial charge in [-0.2, -0.15) is 0 Å². The van der Waals surface area contributed by atoms with Crippen LogP contribution in [0.1, 0.15) is 23.8 Å². The lowest BCUT2D eigenvalue weighted by molar-refractivity contribution is 0.0979. The molecule has 0 atom stereocenters. The number of ketones is 1. The molecule has 0 fully saturated rings. The molecule has 1 aromatic rings. The predicted octanol–water partition coefficient (Wildman–Crippen LogP) is 2.58. The number of carbonyl (C=O) groups excluding carboxylic acids is 1. The minimum absolute atomic E-state index is 0.0909. The fourth-order valence-corrected chi connectivity index (χ4v) is 1.09. The molecule has 64 valence electrons. The average Bonchev–Trinajstić information content (AvgIpc) is 2.08. The van der Waals surface area contributed by atoms with Gasteiger partial charge in [0, 0.05) is 6.42 Å². The van der Waals surface area contributed by atoms with Gasteiger partial charge < -0.3 is 0 Å². The van der Waals surface area contributed by atoms with E-state index in [1.54, 1.807) is 6.92 Å². The van der Waals surface area contributed by atoms with Crippen molar-refractivity contribution in [2.24, 2.45) is 0 Å². The standard InChI is InChI=1S/C8H7BrFNO/c1-2-6(12)8-5(10)3-4-7(9)11-8/h3-4H,2H2,1H3. The summed E-state index contributed by atoms with van der Waals surface area (Å²) in [6, 6.07) is 2.68. The van der Waals surface area contributed by atoms with Gasteiger partial charge in [-0.05, 0) is 28.1 Å². The summed E-state index contributed by atoms with van der Waals surface area (Å²) in [6.45, 7) is 1.67. The first-order valence-corrected chi connectivity index (χ1v) is 4.29. The van der Waals surface area contributed by atoms with Crippen molar-refractivity contribution in [1.82, 2.24) is 4.98 Å². The van der Waals surface area contributed by atoms with Crippen molar-refractivity contribution in [1.29, 1.82) is 0 Å². The van der Waals surface area contributed by atoms with Gasteiger partial charge in [0.05, 0.1) is 0 Å². The highest BCUT2D eigenvalue weighted by molar-refractivity contribution is 9.10. The van der Waals surface area contributed by atoms with Crippen molar-refractivity contribution in [2.45, 2.75) is 13.3 Å². The normalized spacial score (nSPS) is 9.92. The molecular weight excluding hydrogens is 225 g/mol. The van der Waals surface area contributed by atoms with Crippen LogP contribution < -0.4 is 0 Å². The largest absolute Gasteiger partial charge is 0.292 e. The maximum Gasteiger partial charge on any atom is 0.183 e. The summed E-state index contributed by atoms with van der Waals surface area (Å²) < 4.78 is 13.4. The molecule has 1 rings (SSSR count). The van der Waals surface area contributed by atoms with Crippen LogP contribution in [0.15, 0.2) is 16.7 Å². The number of rotatable bonds is 2. The number of hydrogen-bond acceptors (Lipinski definition) is 2. The van der Waals surface area contributed by atoms with Crippen LogP contribution in [0.4, 0.5) is 4.39 Å². The second kappa shape index (κ2) is 3.76. The lowest BCUT2D eigenvalue weighted by Crippen LogP contribution is -2.03. The van der Waals surface area contributed by atoms with Crippen LogP contribution in [0, 0.1) is 5.82 Å². The highest BCUT2D eigenvalue weighted by atomic mass is 79.9. The third-order valence-electron chi connectivity index (χ3n) is 1.40. The van der Waals surface area contributed by atoms with E-state index in [0.717, 1.165) is 0 Å². The fourth-order valence-electron chi connectivity index (χ4n) is 0.781. The molecule has 0 aliphatic rings. The van der Waals surface area contributed by atoms with Gasteiger partial charge in [0.2, 0.25) is 0 Å². The molecule has 0 amide bonds. The molecule has 1 aromatic heterocycles. The molecule has 2 nitrogen and oxygen atoms in total. The van der Waals surface area contributed by atoms with Gasteiger partial charge in [-0.3, -0.25) is 4.79 Å². The van der Waals surface area contributed by atoms with Crippen LogP contribution in [-0.4, -0.2) is 10.8 Å². The van der Waals surface area contributed by atoms with Crippen LogP contribution >= 0.6 is 15.9 Å². The zero-order valence-electron chi connectivity index (χ0n) is 6.47. The number of nitrogens with zero attached hydrogens (tertiary/aromatic N) is 1. The SMILES string of the molecule is CCC(=O)c1nc(Br)ccc1F. The summed E-state index contributed by atoms with van der Waals surface area (Å²) in [6.07, 6.45) is 0.264. The van der Waals surface area contributed by atoms with Crippen molar-refractivity contribution in [3.63, 3.8) is 0 Å². The first kappa shape index (κ1) is 9.32. The monoisotopic (exact) mass is 231 g/mol. The van der Waals surface area contributed by atoms with E-state index in [4.69, 9.17) is 0 Å². The molecule has 0 radical (unpaired) electrons. The number of Topliss-reactive ketones (excluding diaryl/α,β-unsaturated/α-hetero) is 1. The van der Waals surface area contributed by atoms with E-state index in [-0.39, 0.29) is 17.9 Å². The van der Waals surface area contributed by atoms with E-state index in [9.17, 15) is 9.18 Å². The summed E-state index contributed by atoms with van der Waals surface area (Å²) in [4.78, 5) is 14.8. The van der Waals surface area contributed by atoms with Crippen LogP contribution in [0.3, 0.4) is 0 Å². The molecule has 12 heavy (non-hydrogen) atoms. The zero-order valence-corrected chi connectivity index (χ0v) is 8.06. The summed E-state index contributed by atoms with van der Waals surface area (Å²) in [5.41, 5.74) is -0.0909. The molecule has 0 aromatic carbocycles. The van der Waals surface area contributed by atoms with Gasteiger partial charge in [0.15, 0.2) is 11.6 Å². The fraction of sp³-hybridized carbons (Fsp3) is 0.250. The molecular formula is C8H7BrFNO. The minimum atomic E-state index is -0.565. The van der Waals surface area contributed by atoms with Gasteiger partial charge >= 0.3 is 0 Å². The average molecular weight is 232 g/mol. The van der Waals surface area contributed by atoms with Crippen LogP contribution in [0.25, 0.3) is 0 Å².